The molecule has 1 rings (SSSR count). The van der Waals surface area contributed by atoms with Crippen LogP contribution in [0.1, 0.15) is 6.42 Å². The van der Waals surface area contributed by atoms with E-state index in [9.17, 15) is 13.6 Å². The molecule has 0 aromatic carbocycles. The molecule has 1 aliphatic heterocycles. The minimum absolute atomic E-state index is 0.309. The lowest BCUT2D eigenvalue weighted by Crippen LogP contribution is -2.58. The molecule has 1 aliphatic rings. The Labute approximate surface area is 62.2 Å². The van der Waals surface area contributed by atoms with Gasteiger partial charge in [-0.15, -0.1) is 0 Å². The van der Waals surface area contributed by atoms with Gasteiger partial charge in [-0.25, -0.2) is 8.78 Å². The van der Waals surface area contributed by atoms with Crippen molar-refractivity contribution in [3.63, 3.8) is 0 Å². The summed E-state index contributed by atoms with van der Waals surface area (Å²) in [6, 6.07) is 1.61. The van der Waals surface area contributed by atoms with Crippen molar-refractivity contribution in [2.45, 2.75) is 12.3 Å². The largest absolute Gasteiger partial charge is 0.330 e. The first-order chi connectivity index (χ1) is 5.05. The smallest absolute Gasteiger partial charge is 0.282 e. The number of nitrogens with zero attached hydrogens (tertiary/aromatic N) is 2. The number of rotatable bonds is 1. The first-order valence-corrected chi connectivity index (χ1v) is 3.08. The van der Waals surface area contributed by atoms with Gasteiger partial charge in [-0.05, 0) is 0 Å². The lowest BCUT2D eigenvalue weighted by Gasteiger charge is -2.38. The molecular formula is C6H6F2N2O. The van der Waals surface area contributed by atoms with Crippen LogP contribution < -0.4 is 0 Å². The van der Waals surface area contributed by atoms with Crippen molar-refractivity contribution < 1.29 is 13.6 Å². The number of halogens is 2. The molecule has 3 nitrogen and oxygen atoms in total. The highest BCUT2D eigenvalue weighted by Gasteiger charge is 2.45. The van der Waals surface area contributed by atoms with E-state index in [1.807, 2.05) is 0 Å². The number of amides is 1. The second-order valence-electron chi connectivity index (χ2n) is 2.44. The molecule has 0 aliphatic carbocycles. The third-order valence-electron chi connectivity index (χ3n) is 1.43. The highest BCUT2D eigenvalue weighted by atomic mass is 19.3. The molecule has 1 amide bonds. The summed E-state index contributed by atoms with van der Waals surface area (Å²) in [5, 5.41) is 8.05. The maximum Gasteiger partial charge on any atom is 0.282 e. The summed E-state index contributed by atoms with van der Waals surface area (Å²) < 4.78 is 24.2. The molecule has 11 heavy (non-hydrogen) atoms. The zero-order chi connectivity index (χ0) is 8.48. The van der Waals surface area contributed by atoms with Crippen molar-refractivity contribution in [1.82, 2.24) is 4.90 Å². The van der Waals surface area contributed by atoms with Crippen LogP contribution in [-0.2, 0) is 4.79 Å². The Morgan fingerprint density at radius 1 is 1.64 bits per heavy atom. The predicted octanol–water partition coefficient (Wildman–Crippen LogP) is 0.378. The van der Waals surface area contributed by atoms with Crippen LogP contribution >= 0.6 is 0 Å². The van der Waals surface area contributed by atoms with Gasteiger partial charge < -0.3 is 4.90 Å². The summed E-state index contributed by atoms with van der Waals surface area (Å²) in [5.41, 5.74) is 0. The van der Waals surface area contributed by atoms with Crippen molar-refractivity contribution >= 4 is 5.91 Å². The van der Waals surface area contributed by atoms with Gasteiger partial charge in [0.1, 0.15) is 6.42 Å². The van der Waals surface area contributed by atoms with Crippen molar-refractivity contribution in [3.05, 3.63) is 0 Å². The van der Waals surface area contributed by atoms with Crippen LogP contribution in [0.25, 0.3) is 0 Å². The van der Waals surface area contributed by atoms with Crippen molar-refractivity contribution in [2.24, 2.45) is 0 Å². The lowest BCUT2D eigenvalue weighted by molar-refractivity contribution is -0.164. The predicted molar refractivity (Wildman–Crippen MR) is 31.8 cm³/mol. The van der Waals surface area contributed by atoms with Gasteiger partial charge >= 0.3 is 0 Å². The molecule has 0 saturated carbocycles. The lowest BCUT2D eigenvalue weighted by atomic mass is 10.1. The molecule has 60 valence electrons. The van der Waals surface area contributed by atoms with Gasteiger partial charge in [0.15, 0.2) is 0 Å². The molecule has 0 unspecified atom stereocenters. The summed E-state index contributed by atoms with van der Waals surface area (Å²) in [5.74, 6) is -3.25. The Bertz CT molecular complexity index is 213. The van der Waals surface area contributed by atoms with Crippen LogP contribution in [0.2, 0.25) is 0 Å². The molecule has 5 heteroatoms. The van der Waals surface area contributed by atoms with Crippen LogP contribution in [-0.4, -0.2) is 29.8 Å². The third-order valence-corrected chi connectivity index (χ3v) is 1.43. The number of alkyl halides is 2. The van der Waals surface area contributed by atoms with E-state index in [0.29, 0.717) is 0 Å². The molecule has 0 aromatic heterocycles. The molecule has 0 spiro atoms. The van der Waals surface area contributed by atoms with Crippen LogP contribution in [0.3, 0.4) is 0 Å². The molecule has 0 N–H and O–H groups in total. The second-order valence-corrected chi connectivity index (χ2v) is 2.44. The van der Waals surface area contributed by atoms with Gasteiger partial charge in [-0.2, -0.15) is 5.26 Å². The van der Waals surface area contributed by atoms with Crippen molar-refractivity contribution in [2.75, 3.05) is 13.1 Å². The molecule has 0 aromatic rings. The van der Waals surface area contributed by atoms with Crippen molar-refractivity contribution in [3.8, 4) is 6.07 Å². The maximum absolute atomic E-state index is 12.1. The minimum atomic E-state index is -2.73. The van der Waals surface area contributed by atoms with E-state index in [0.717, 1.165) is 4.90 Å². The standard InChI is InChI=1S/C6H6F2N2O/c7-6(8)3-10(4-6)5(11)1-2-9/h1,3-4H2. The Hall–Kier alpha value is -1.18. The van der Waals surface area contributed by atoms with Crippen molar-refractivity contribution in [1.29, 1.82) is 5.26 Å². The third kappa shape index (κ3) is 1.64. The SMILES string of the molecule is N#CCC(=O)N1CC(F)(F)C1. The summed E-state index contributed by atoms with van der Waals surface area (Å²) in [6.07, 6.45) is -0.309. The normalized spacial score (nSPS) is 20.3. The summed E-state index contributed by atoms with van der Waals surface area (Å²) >= 11 is 0. The molecule has 1 saturated heterocycles. The highest BCUT2D eigenvalue weighted by molar-refractivity contribution is 5.79. The second kappa shape index (κ2) is 2.46. The van der Waals surface area contributed by atoms with E-state index >= 15 is 0 Å². The Morgan fingerprint density at radius 2 is 2.18 bits per heavy atom. The van der Waals surface area contributed by atoms with Crippen LogP contribution in [0.15, 0.2) is 0 Å². The average Bonchev–Trinajstić information content (AvgIpc) is 1.83. The molecule has 0 bridgehead atoms. The Kier molecular flexibility index (Phi) is 1.77. The fourth-order valence-electron chi connectivity index (χ4n) is 0.868. The van der Waals surface area contributed by atoms with Gasteiger partial charge in [-0.3, -0.25) is 4.79 Å². The van der Waals surface area contributed by atoms with E-state index in [1.54, 1.807) is 6.07 Å². The van der Waals surface area contributed by atoms with E-state index in [-0.39, 0.29) is 6.42 Å². The van der Waals surface area contributed by atoms with E-state index in [2.05, 4.69) is 0 Å². The number of hydrogen-bond donors (Lipinski definition) is 0. The van der Waals surface area contributed by atoms with E-state index < -0.39 is 24.9 Å². The Balaban J connectivity index is 2.34. The van der Waals surface area contributed by atoms with E-state index in [1.165, 1.54) is 0 Å². The zero-order valence-electron chi connectivity index (χ0n) is 5.68. The summed E-state index contributed by atoms with van der Waals surface area (Å²) in [6.45, 7) is -1.07. The van der Waals surface area contributed by atoms with Gasteiger partial charge in [0.2, 0.25) is 5.91 Å². The summed E-state index contributed by atoms with van der Waals surface area (Å²) in [4.78, 5) is 11.7. The van der Waals surface area contributed by atoms with Gasteiger partial charge in [0, 0.05) is 0 Å². The first kappa shape index (κ1) is 7.92. The highest BCUT2D eigenvalue weighted by Crippen LogP contribution is 2.26. The van der Waals surface area contributed by atoms with Gasteiger partial charge in [0.05, 0.1) is 19.2 Å². The average molecular weight is 160 g/mol. The molecular weight excluding hydrogens is 154 g/mol. The zero-order valence-corrected chi connectivity index (χ0v) is 5.68. The first-order valence-electron chi connectivity index (χ1n) is 3.08. The van der Waals surface area contributed by atoms with Crippen LogP contribution in [0, 0.1) is 11.3 Å². The fraction of sp³-hybridized carbons (Fsp3) is 0.667. The molecule has 1 heterocycles. The number of hydrogen-bond acceptors (Lipinski definition) is 2. The molecule has 0 atom stereocenters. The number of likely N-dealkylation sites (tertiary alicyclic amines) is 1. The van der Waals surface area contributed by atoms with Crippen LogP contribution in [0.4, 0.5) is 8.78 Å². The fourth-order valence-corrected chi connectivity index (χ4v) is 0.868. The topological polar surface area (TPSA) is 44.1 Å². The number of nitriles is 1. The van der Waals surface area contributed by atoms with Crippen LogP contribution in [0.5, 0.6) is 0 Å². The van der Waals surface area contributed by atoms with E-state index in [4.69, 9.17) is 5.26 Å². The quantitative estimate of drug-likeness (QED) is 0.556. The molecule has 1 fully saturated rings. The monoisotopic (exact) mass is 160 g/mol. The Morgan fingerprint density at radius 3 is 2.55 bits per heavy atom. The summed E-state index contributed by atoms with van der Waals surface area (Å²) in [7, 11) is 0. The van der Waals surface area contributed by atoms with Gasteiger partial charge in [0.25, 0.3) is 5.92 Å². The molecule has 0 radical (unpaired) electrons. The minimum Gasteiger partial charge on any atom is -0.330 e. The number of carbonyl (C=O) groups excluding carboxylic acids is 1. The number of carbonyl (C=O) groups is 1. The maximum atomic E-state index is 12.1. The van der Waals surface area contributed by atoms with Gasteiger partial charge in [-0.1, -0.05) is 0 Å².